The zero-order valence-electron chi connectivity index (χ0n) is 11.6. The molecule has 0 saturated heterocycles. The van der Waals surface area contributed by atoms with Crippen LogP contribution in [0.15, 0.2) is 28.7 Å². The van der Waals surface area contributed by atoms with E-state index in [1.165, 1.54) is 6.42 Å². The highest BCUT2D eigenvalue weighted by Gasteiger charge is 2.41. The number of hydrogen-bond donors (Lipinski definition) is 0. The molecule has 3 heteroatoms. The molecule has 1 fully saturated rings. The molecule has 0 N–H and O–H groups in total. The summed E-state index contributed by atoms with van der Waals surface area (Å²) in [6, 6.07) is 7.95. The molecule has 2 atom stereocenters. The quantitative estimate of drug-likeness (QED) is 0.831. The number of hydrogen-bond acceptors (Lipinski definition) is 2. The van der Waals surface area contributed by atoms with Crippen molar-refractivity contribution in [2.75, 3.05) is 7.11 Å². The average Bonchev–Trinajstić information content (AvgIpc) is 2.38. The molecule has 1 saturated carbocycles. The first-order valence-corrected chi connectivity index (χ1v) is 7.68. The molecule has 1 aliphatic rings. The van der Waals surface area contributed by atoms with Crippen molar-refractivity contribution in [1.29, 1.82) is 0 Å². The Balaban J connectivity index is 2.13. The lowest BCUT2D eigenvalue weighted by Gasteiger charge is -2.37. The molecule has 0 aliphatic heterocycles. The molecule has 0 radical (unpaired) electrons. The molecule has 0 bridgehead atoms. The van der Waals surface area contributed by atoms with Crippen molar-refractivity contribution in [3.05, 3.63) is 34.3 Å². The second-order valence-corrected chi connectivity index (χ2v) is 6.55. The van der Waals surface area contributed by atoms with Crippen molar-refractivity contribution >= 4 is 21.7 Å². The molecule has 1 aromatic carbocycles. The van der Waals surface area contributed by atoms with Gasteiger partial charge in [-0.25, -0.2) is 0 Å². The van der Waals surface area contributed by atoms with Gasteiger partial charge in [0.15, 0.2) is 5.78 Å². The van der Waals surface area contributed by atoms with Gasteiger partial charge in [0.25, 0.3) is 0 Å². The number of ether oxygens (including phenoxy) is 1. The minimum Gasteiger partial charge on any atom is -0.370 e. The number of carbonyl (C=O) groups is 1. The van der Waals surface area contributed by atoms with Gasteiger partial charge in [-0.2, -0.15) is 0 Å². The van der Waals surface area contributed by atoms with Crippen LogP contribution in [0.1, 0.15) is 38.2 Å². The third-order valence-corrected chi connectivity index (χ3v) is 4.60. The molecule has 2 rings (SSSR count). The first-order valence-electron chi connectivity index (χ1n) is 6.88. The summed E-state index contributed by atoms with van der Waals surface area (Å²) in [5, 5.41) is 0. The fraction of sp³-hybridized carbons (Fsp3) is 0.562. The van der Waals surface area contributed by atoms with Crippen LogP contribution in [0.5, 0.6) is 0 Å². The van der Waals surface area contributed by atoms with Crippen LogP contribution in [0.25, 0.3) is 0 Å². The molecule has 2 unspecified atom stereocenters. The van der Waals surface area contributed by atoms with Crippen LogP contribution in [0.4, 0.5) is 0 Å². The largest absolute Gasteiger partial charge is 0.370 e. The van der Waals surface area contributed by atoms with E-state index in [2.05, 4.69) is 22.9 Å². The molecule has 0 amide bonds. The van der Waals surface area contributed by atoms with E-state index in [0.717, 1.165) is 29.3 Å². The summed E-state index contributed by atoms with van der Waals surface area (Å²) in [4.78, 5) is 12.6. The van der Waals surface area contributed by atoms with E-state index in [9.17, 15) is 4.79 Å². The van der Waals surface area contributed by atoms with Gasteiger partial charge in [0.05, 0.1) is 0 Å². The lowest BCUT2D eigenvalue weighted by Crippen LogP contribution is -2.45. The van der Waals surface area contributed by atoms with E-state index in [1.54, 1.807) is 7.11 Å². The minimum absolute atomic E-state index is 0.222. The average molecular weight is 325 g/mol. The number of Topliss-reactive ketones (excluding diaryl/α,β-unsaturated/α-hetero) is 1. The maximum atomic E-state index is 12.6. The Bertz CT molecular complexity index is 458. The molecule has 2 nitrogen and oxygen atoms in total. The molecular weight excluding hydrogens is 304 g/mol. The highest BCUT2D eigenvalue weighted by atomic mass is 79.9. The Hall–Kier alpha value is -0.670. The molecule has 0 spiro atoms. The maximum Gasteiger partial charge on any atom is 0.168 e. The predicted molar refractivity (Wildman–Crippen MR) is 80.2 cm³/mol. The summed E-state index contributed by atoms with van der Waals surface area (Å²) in [7, 11) is 1.68. The van der Waals surface area contributed by atoms with E-state index in [1.807, 2.05) is 24.3 Å². The van der Waals surface area contributed by atoms with E-state index in [-0.39, 0.29) is 5.78 Å². The lowest BCUT2D eigenvalue weighted by atomic mass is 9.75. The number of rotatable bonds is 4. The summed E-state index contributed by atoms with van der Waals surface area (Å²) < 4.78 is 6.67. The Morgan fingerprint density at radius 1 is 1.53 bits per heavy atom. The van der Waals surface area contributed by atoms with Crippen LogP contribution in [-0.4, -0.2) is 18.5 Å². The first-order chi connectivity index (χ1) is 9.05. The molecule has 0 heterocycles. The Morgan fingerprint density at radius 2 is 2.32 bits per heavy atom. The molecule has 0 aromatic heterocycles. The first kappa shape index (κ1) is 14.7. The van der Waals surface area contributed by atoms with E-state index in [0.29, 0.717) is 12.3 Å². The van der Waals surface area contributed by atoms with Crippen LogP contribution in [-0.2, 0) is 16.0 Å². The van der Waals surface area contributed by atoms with Crippen molar-refractivity contribution in [1.82, 2.24) is 0 Å². The van der Waals surface area contributed by atoms with Gasteiger partial charge in [0.2, 0.25) is 0 Å². The number of carbonyl (C=O) groups excluding carboxylic acids is 1. The number of benzene rings is 1. The fourth-order valence-electron chi connectivity index (χ4n) is 3.05. The summed E-state index contributed by atoms with van der Waals surface area (Å²) in [6.45, 7) is 2.21. The minimum atomic E-state index is -0.556. The van der Waals surface area contributed by atoms with E-state index in [4.69, 9.17) is 4.74 Å². The fourth-order valence-corrected chi connectivity index (χ4v) is 3.50. The summed E-state index contributed by atoms with van der Waals surface area (Å²) in [5.41, 5.74) is 0.494. The van der Waals surface area contributed by atoms with Crippen LogP contribution in [0.3, 0.4) is 0 Å². The van der Waals surface area contributed by atoms with Gasteiger partial charge >= 0.3 is 0 Å². The molecule has 1 aromatic rings. The zero-order valence-corrected chi connectivity index (χ0v) is 13.2. The second-order valence-electron chi connectivity index (χ2n) is 5.63. The summed E-state index contributed by atoms with van der Waals surface area (Å²) in [5.74, 6) is 0.791. The standard InChI is InChI=1S/C16H21BrO2/c1-12-5-4-8-16(11-12,19-2)15(18)10-13-6-3-7-14(17)9-13/h3,6-7,9,12H,4-5,8,10-11H2,1-2H3. The van der Waals surface area contributed by atoms with Crippen LogP contribution >= 0.6 is 15.9 Å². The Morgan fingerprint density at radius 3 is 2.95 bits per heavy atom. The van der Waals surface area contributed by atoms with Gasteiger partial charge in [-0.1, -0.05) is 41.4 Å². The molecule has 19 heavy (non-hydrogen) atoms. The van der Waals surface area contributed by atoms with E-state index < -0.39 is 5.60 Å². The maximum absolute atomic E-state index is 12.6. The highest BCUT2D eigenvalue weighted by Crippen LogP contribution is 2.36. The number of methoxy groups -OCH3 is 1. The third kappa shape index (κ3) is 3.46. The summed E-state index contributed by atoms with van der Waals surface area (Å²) >= 11 is 3.45. The monoisotopic (exact) mass is 324 g/mol. The van der Waals surface area contributed by atoms with Crippen LogP contribution in [0.2, 0.25) is 0 Å². The topological polar surface area (TPSA) is 26.3 Å². The third-order valence-electron chi connectivity index (χ3n) is 4.11. The number of halogens is 1. The van der Waals surface area contributed by atoms with Crippen molar-refractivity contribution in [2.45, 2.75) is 44.6 Å². The van der Waals surface area contributed by atoms with Crippen LogP contribution in [0, 0.1) is 5.92 Å². The highest BCUT2D eigenvalue weighted by molar-refractivity contribution is 9.10. The zero-order chi connectivity index (χ0) is 13.9. The van der Waals surface area contributed by atoms with Gasteiger partial charge in [-0.3, -0.25) is 4.79 Å². The van der Waals surface area contributed by atoms with Crippen LogP contribution < -0.4 is 0 Å². The van der Waals surface area contributed by atoms with Gasteiger partial charge in [0, 0.05) is 18.0 Å². The molecule has 104 valence electrons. The Labute approximate surface area is 123 Å². The van der Waals surface area contributed by atoms with Gasteiger partial charge in [0.1, 0.15) is 5.60 Å². The molecular formula is C16H21BrO2. The summed E-state index contributed by atoms with van der Waals surface area (Å²) in [6.07, 6.45) is 4.46. The predicted octanol–water partition coefficient (Wildman–Crippen LogP) is 4.16. The van der Waals surface area contributed by atoms with Gasteiger partial charge < -0.3 is 4.74 Å². The smallest absolute Gasteiger partial charge is 0.168 e. The molecule has 1 aliphatic carbocycles. The van der Waals surface area contributed by atoms with E-state index >= 15 is 0 Å². The van der Waals surface area contributed by atoms with Crippen molar-refractivity contribution in [2.24, 2.45) is 5.92 Å². The lowest BCUT2D eigenvalue weighted by molar-refractivity contribution is -0.146. The van der Waals surface area contributed by atoms with Crippen molar-refractivity contribution in [3.63, 3.8) is 0 Å². The number of ketones is 1. The van der Waals surface area contributed by atoms with Gasteiger partial charge in [-0.15, -0.1) is 0 Å². The SMILES string of the molecule is COC1(C(=O)Cc2cccc(Br)c2)CCCC(C)C1. The van der Waals surface area contributed by atoms with Gasteiger partial charge in [-0.05, 0) is 42.9 Å². The Kier molecular flexibility index (Phi) is 4.80. The van der Waals surface area contributed by atoms with Crippen molar-refractivity contribution in [3.8, 4) is 0 Å². The normalized spacial score (nSPS) is 27.2. The van der Waals surface area contributed by atoms with Crippen molar-refractivity contribution < 1.29 is 9.53 Å². The second kappa shape index (κ2) is 6.19.